The lowest BCUT2D eigenvalue weighted by molar-refractivity contribution is 0.0746. The summed E-state index contributed by atoms with van der Waals surface area (Å²) in [6.45, 7) is 3.51. The van der Waals surface area contributed by atoms with Gasteiger partial charge in [-0.25, -0.2) is 14.4 Å². The Hall–Kier alpha value is -3.28. The van der Waals surface area contributed by atoms with Gasteiger partial charge in [0.25, 0.3) is 5.91 Å². The molecule has 0 radical (unpaired) electrons. The van der Waals surface area contributed by atoms with Gasteiger partial charge in [0, 0.05) is 25.8 Å². The van der Waals surface area contributed by atoms with Gasteiger partial charge >= 0.3 is 0 Å². The monoisotopic (exact) mass is 378 g/mol. The van der Waals surface area contributed by atoms with Crippen molar-refractivity contribution in [3.8, 4) is 0 Å². The highest BCUT2D eigenvalue weighted by Gasteiger charge is 2.16. The number of nitrogens with zero attached hydrogens (tertiary/aromatic N) is 3. The Labute approximate surface area is 164 Å². The molecule has 3 rings (SSSR count). The second-order valence-electron chi connectivity index (χ2n) is 6.34. The molecular formula is C22H23FN4O. The van der Waals surface area contributed by atoms with Crippen LogP contribution >= 0.6 is 0 Å². The van der Waals surface area contributed by atoms with Crippen LogP contribution in [0.3, 0.4) is 0 Å². The smallest absolute Gasteiger partial charge is 0.272 e. The summed E-state index contributed by atoms with van der Waals surface area (Å²) in [4.78, 5) is 23.1. The Morgan fingerprint density at radius 3 is 2.57 bits per heavy atom. The molecule has 0 spiro atoms. The van der Waals surface area contributed by atoms with E-state index in [2.05, 4.69) is 15.3 Å². The number of hydrogen-bond donors (Lipinski definition) is 1. The third-order valence-corrected chi connectivity index (χ3v) is 4.40. The Morgan fingerprint density at radius 2 is 1.82 bits per heavy atom. The molecule has 28 heavy (non-hydrogen) atoms. The van der Waals surface area contributed by atoms with Crippen LogP contribution in [0.2, 0.25) is 0 Å². The standard InChI is InChI=1S/C22H23FN4O/c1-2-27(16-17-8-4-3-5-9-17)21(28)20-13-15-25-22(26-20)24-14-12-18-10-6-7-11-19(18)23/h3-11,13,15H,2,12,14,16H2,1H3,(H,24,25,26). The summed E-state index contributed by atoms with van der Waals surface area (Å²) >= 11 is 0. The van der Waals surface area contributed by atoms with Crippen molar-refractivity contribution < 1.29 is 9.18 Å². The summed E-state index contributed by atoms with van der Waals surface area (Å²) in [7, 11) is 0. The first kappa shape index (κ1) is 19.5. The van der Waals surface area contributed by atoms with Gasteiger partial charge in [-0.1, -0.05) is 48.5 Å². The van der Waals surface area contributed by atoms with Gasteiger partial charge in [0.2, 0.25) is 5.95 Å². The number of hydrogen-bond acceptors (Lipinski definition) is 4. The van der Waals surface area contributed by atoms with E-state index in [1.54, 1.807) is 35.4 Å². The van der Waals surface area contributed by atoms with Gasteiger partial charge < -0.3 is 10.2 Å². The van der Waals surface area contributed by atoms with E-state index in [9.17, 15) is 9.18 Å². The number of aromatic nitrogens is 2. The van der Waals surface area contributed by atoms with E-state index in [4.69, 9.17) is 0 Å². The van der Waals surface area contributed by atoms with E-state index < -0.39 is 0 Å². The van der Waals surface area contributed by atoms with Crippen molar-refractivity contribution in [1.82, 2.24) is 14.9 Å². The van der Waals surface area contributed by atoms with E-state index in [0.717, 1.165) is 5.56 Å². The molecule has 0 aliphatic carbocycles. The average Bonchev–Trinajstić information content (AvgIpc) is 2.74. The van der Waals surface area contributed by atoms with Crippen LogP contribution in [0.15, 0.2) is 66.9 Å². The van der Waals surface area contributed by atoms with Gasteiger partial charge in [0.15, 0.2) is 0 Å². The van der Waals surface area contributed by atoms with E-state index in [0.29, 0.717) is 43.3 Å². The molecule has 3 aromatic rings. The van der Waals surface area contributed by atoms with Gasteiger partial charge in [-0.15, -0.1) is 0 Å². The second-order valence-corrected chi connectivity index (χ2v) is 6.34. The summed E-state index contributed by atoms with van der Waals surface area (Å²) in [5, 5.41) is 3.06. The minimum absolute atomic E-state index is 0.147. The number of amides is 1. The van der Waals surface area contributed by atoms with E-state index >= 15 is 0 Å². The van der Waals surface area contributed by atoms with Crippen LogP contribution < -0.4 is 5.32 Å². The molecule has 0 saturated heterocycles. The molecule has 0 aliphatic rings. The zero-order valence-electron chi connectivity index (χ0n) is 15.8. The first-order chi connectivity index (χ1) is 13.7. The molecule has 1 N–H and O–H groups in total. The van der Waals surface area contributed by atoms with Crippen molar-refractivity contribution >= 4 is 11.9 Å². The molecule has 0 bridgehead atoms. The SMILES string of the molecule is CCN(Cc1ccccc1)C(=O)c1ccnc(NCCc2ccccc2F)n1. The minimum atomic E-state index is -0.228. The normalized spacial score (nSPS) is 10.5. The number of benzene rings is 2. The molecule has 0 atom stereocenters. The highest BCUT2D eigenvalue weighted by molar-refractivity contribution is 5.92. The first-order valence-corrected chi connectivity index (χ1v) is 9.31. The fraction of sp³-hybridized carbons (Fsp3) is 0.227. The summed E-state index contributed by atoms with van der Waals surface area (Å²) in [6, 6.07) is 18.1. The predicted molar refractivity (Wildman–Crippen MR) is 107 cm³/mol. The number of anilines is 1. The van der Waals surface area contributed by atoms with E-state index in [1.165, 1.54) is 6.07 Å². The molecule has 2 aromatic carbocycles. The lowest BCUT2D eigenvalue weighted by Gasteiger charge is -2.20. The summed E-state index contributed by atoms with van der Waals surface area (Å²) < 4.78 is 13.7. The highest BCUT2D eigenvalue weighted by Crippen LogP contribution is 2.11. The van der Waals surface area contributed by atoms with E-state index in [-0.39, 0.29) is 11.7 Å². The zero-order chi connectivity index (χ0) is 19.8. The maximum atomic E-state index is 13.7. The maximum Gasteiger partial charge on any atom is 0.272 e. The summed E-state index contributed by atoms with van der Waals surface area (Å²) in [5.74, 6) is -0.0162. The maximum absolute atomic E-state index is 13.7. The number of rotatable bonds is 8. The van der Waals surface area contributed by atoms with Crippen LogP contribution in [0, 0.1) is 5.82 Å². The van der Waals surface area contributed by atoms with Crippen LogP contribution in [-0.4, -0.2) is 33.9 Å². The molecule has 6 heteroatoms. The first-order valence-electron chi connectivity index (χ1n) is 9.31. The fourth-order valence-corrected chi connectivity index (χ4v) is 2.87. The molecule has 5 nitrogen and oxygen atoms in total. The van der Waals surface area contributed by atoms with E-state index in [1.807, 2.05) is 37.3 Å². The molecule has 0 aliphatic heterocycles. The van der Waals surface area contributed by atoms with Crippen molar-refractivity contribution in [1.29, 1.82) is 0 Å². The Kier molecular flexibility index (Phi) is 6.68. The van der Waals surface area contributed by atoms with Gasteiger partial charge in [-0.2, -0.15) is 0 Å². The van der Waals surface area contributed by atoms with Crippen LogP contribution in [0.5, 0.6) is 0 Å². The van der Waals surface area contributed by atoms with Crippen molar-refractivity contribution in [2.24, 2.45) is 0 Å². The minimum Gasteiger partial charge on any atom is -0.354 e. The molecule has 1 heterocycles. The van der Waals surface area contributed by atoms with Crippen LogP contribution in [-0.2, 0) is 13.0 Å². The molecule has 1 aromatic heterocycles. The van der Waals surface area contributed by atoms with Gasteiger partial charge in [0.05, 0.1) is 0 Å². The molecular weight excluding hydrogens is 355 g/mol. The van der Waals surface area contributed by atoms with Crippen LogP contribution in [0.1, 0.15) is 28.5 Å². The molecule has 0 unspecified atom stereocenters. The highest BCUT2D eigenvalue weighted by atomic mass is 19.1. The molecule has 144 valence electrons. The van der Waals surface area contributed by atoms with Gasteiger partial charge in [-0.3, -0.25) is 4.79 Å². The van der Waals surface area contributed by atoms with Crippen LogP contribution in [0.4, 0.5) is 10.3 Å². The topological polar surface area (TPSA) is 58.1 Å². The summed E-state index contributed by atoms with van der Waals surface area (Å²) in [6.07, 6.45) is 2.06. The molecule has 1 amide bonds. The quantitative estimate of drug-likeness (QED) is 0.645. The molecule has 0 fully saturated rings. The Bertz CT molecular complexity index is 917. The largest absolute Gasteiger partial charge is 0.354 e. The third kappa shape index (κ3) is 5.13. The number of nitrogens with one attached hydrogen (secondary N) is 1. The second kappa shape index (κ2) is 9.60. The molecule has 0 saturated carbocycles. The van der Waals surface area contributed by atoms with Gasteiger partial charge in [-0.05, 0) is 36.6 Å². The number of carbonyl (C=O) groups is 1. The van der Waals surface area contributed by atoms with Crippen molar-refractivity contribution in [3.05, 3.63) is 89.5 Å². The summed E-state index contributed by atoms with van der Waals surface area (Å²) in [5.41, 5.74) is 2.03. The predicted octanol–water partition coefficient (Wildman–Crippen LogP) is 3.93. The van der Waals surface area contributed by atoms with Crippen LogP contribution in [0.25, 0.3) is 0 Å². The number of halogens is 1. The average molecular weight is 378 g/mol. The van der Waals surface area contributed by atoms with Crippen molar-refractivity contribution in [2.75, 3.05) is 18.4 Å². The lowest BCUT2D eigenvalue weighted by atomic mass is 10.1. The zero-order valence-corrected chi connectivity index (χ0v) is 15.8. The Balaban J connectivity index is 1.62. The van der Waals surface area contributed by atoms with Gasteiger partial charge in [0.1, 0.15) is 11.5 Å². The Morgan fingerprint density at radius 1 is 1.07 bits per heavy atom. The lowest BCUT2D eigenvalue weighted by Crippen LogP contribution is -2.31. The number of carbonyl (C=O) groups excluding carboxylic acids is 1. The third-order valence-electron chi connectivity index (χ3n) is 4.40. The fourth-order valence-electron chi connectivity index (χ4n) is 2.87. The van der Waals surface area contributed by atoms with Crippen molar-refractivity contribution in [3.63, 3.8) is 0 Å². The van der Waals surface area contributed by atoms with Crippen molar-refractivity contribution in [2.45, 2.75) is 19.9 Å².